The fourth-order valence-electron chi connectivity index (χ4n) is 1.87. The maximum atomic E-state index is 6.23. The second kappa shape index (κ2) is 5.11. The molecular formula is C13H9Cl2N5. The number of nitrogens with one attached hydrogen (secondary N) is 1. The maximum Gasteiger partial charge on any atom is 0.220 e. The Morgan fingerprint density at radius 1 is 1.10 bits per heavy atom. The van der Waals surface area contributed by atoms with Crippen LogP contribution in [0.2, 0.25) is 10.0 Å². The van der Waals surface area contributed by atoms with Gasteiger partial charge in [0.1, 0.15) is 5.82 Å². The van der Waals surface area contributed by atoms with Crippen molar-refractivity contribution in [2.75, 3.05) is 5.73 Å². The maximum absolute atomic E-state index is 6.23. The highest BCUT2D eigenvalue weighted by atomic mass is 35.5. The fourth-order valence-corrected chi connectivity index (χ4v) is 2.37. The van der Waals surface area contributed by atoms with Gasteiger partial charge in [0.15, 0.2) is 0 Å². The van der Waals surface area contributed by atoms with Crippen molar-refractivity contribution >= 4 is 29.2 Å². The predicted octanol–water partition coefficient (Wildman–Crippen LogP) is 3.42. The van der Waals surface area contributed by atoms with Crippen molar-refractivity contribution in [1.82, 2.24) is 19.9 Å². The number of aromatic amines is 1. The van der Waals surface area contributed by atoms with Crippen LogP contribution in [-0.2, 0) is 0 Å². The molecule has 0 fully saturated rings. The van der Waals surface area contributed by atoms with Crippen molar-refractivity contribution in [1.29, 1.82) is 0 Å². The van der Waals surface area contributed by atoms with Crippen LogP contribution in [0.25, 0.3) is 22.6 Å². The number of nitrogens with two attached hydrogens (primary N) is 1. The lowest BCUT2D eigenvalue weighted by Gasteiger charge is -2.09. The predicted molar refractivity (Wildman–Crippen MR) is 79.5 cm³/mol. The molecule has 1 aromatic carbocycles. The molecule has 0 unspecified atom stereocenters. The van der Waals surface area contributed by atoms with Gasteiger partial charge in [0.2, 0.25) is 5.95 Å². The first kappa shape index (κ1) is 12.9. The van der Waals surface area contributed by atoms with E-state index in [0.29, 0.717) is 27.1 Å². The molecule has 0 aliphatic carbocycles. The number of rotatable bonds is 2. The van der Waals surface area contributed by atoms with Crippen molar-refractivity contribution in [3.05, 3.63) is 46.8 Å². The molecule has 0 aliphatic heterocycles. The number of nitrogens with zero attached hydrogens (tertiary/aromatic N) is 3. The van der Waals surface area contributed by atoms with Gasteiger partial charge >= 0.3 is 0 Å². The van der Waals surface area contributed by atoms with E-state index in [1.54, 1.807) is 36.8 Å². The SMILES string of the molecule is Nc1ncc(-c2ncc[nH]2)c(-c2ccc(Cl)cc2Cl)n1. The summed E-state index contributed by atoms with van der Waals surface area (Å²) >= 11 is 12.1. The standard InChI is InChI=1S/C13H9Cl2N5/c14-7-1-2-8(10(15)5-7)11-9(6-19-13(16)20-11)12-17-3-4-18-12/h1-6H,(H,17,18)(H2,16,19,20). The Bertz CT molecular complexity index is 755. The first-order valence-corrected chi connectivity index (χ1v) is 6.48. The number of hydrogen-bond acceptors (Lipinski definition) is 4. The van der Waals surface area contributed by atoms with Gasteiger partial charge in [-0.25, -0.2) is 15.0 Å². The third kappa shape index (κ3) is 2.33. The molecule has 5 nitrogen and oxygen atoms in total. The first-order valence-electron chi connectivity index (χ1n) is 5.73. The molecule has 0 spiro atoms. The van der Waals surface area contributed by atoms with E-state index in [9.17, 15) is 0 Å². The van der Waals surface area contributed by atoms with Gasteiger partial charge in [-0.2, -0.15) is 0 Å². The molecule has 3 N–H and O–H groups in total. The van der Waals surface area contributed by atoms with Crippen molar-refractivity contribution in [3.63, 3.8) is 0 Å². The smallest absolute Gasteiger partial charge is 0.220 e. The first-order chi connectivity index (χ1) is 9.65. The number of anilines is 1. The Morgan fingerprint density at radius 3 is 2.65 bits per heavy atom. The van der Waals surface area contributed by atoms with Crippen molar-refractivity contribution in [2.45, 2.75) is 0 Å². The van der Waals surface area contributed by atoms with Gasteiger partial charge < -0.3 is 10.7 Å². The largest absolute Gasteiger partial charge is 0.368 e. The number of H-pyrrole nitrogens is 1. The molecule has 0 radical (unpaired) electrons. The van der Waals surface area contributed by atoms with Crippen molar-refractivity contribution < 1.29 is 0 Å². The molecule has 0 saturated heterocycles. The van der Waals surface area contributed by atoms with E-state index in [1.165, 1.54) is 0 Å². The number of aromatic nitrogens is 4. The van der Waals surface area contributed by atoms with E-state index in [4.69, 9.17) is 28.9 Å². The summed E-state index contributed by atoms with van der Waals surface area (Å²) < 4.78 is 0. The van der Waals surface area contributed by atoms with Gasteiger partial charge in [-0.1, -0.05) is 23.2 Å². The average molecular weight is 306 g/mol. The van der Waals surface area contributed by atoms with Gasteiger partial charge in [-0.15, -0.1) is 0 Å². The number of nitrogen functional groups attached to an aromatic ring is 1. The van der Waals surface area contributed by atoms with Crippen LogP contribution in [0, 0.1) is 0 Å². The van der Waals surface area contributed by atoms with Crippen LogP contribution in [0.4, 0.5) is 5.95 Å². The van der Waals surface area contributed by atoms with Gasteiger partial charge in [-0.3, -0.25) is 0 Å². The molecule has 2 heterocycles. The Morgan fingerprint density at radius 2 is 1.95 bits per heavy atom. The number of imidazole rings is 1. The van der Waals surface area contributed by atoms with E-state index < -0.39 is 0 Å². The summed E-state index contributed by atoms with van der Waals surface area (Å²) in [6.07, 6.45) is 4.99. The summed E-state index contributed by atoms with van der Waals surface area (Å²) in [5, 5.41) is 1.05. The zero-order chi connectivity index (χ0) is 14.1. The minimum absolute atomic E-state index is 0.168. The number of hydrogen-bond donors (Lipinski definition) is 2. The summed E-state index contributed by atoms with van der Waals surface area (Å²) in [4.78, 5) is 15.5. The summed E-state index contributed by atoms with van der Waals surface area (Å²) in [5.74, 6) is 0.812. The normalized spacial score (nSPS) is 10.7. The lowest BCUT2D eigenvalue weighted by atomic mass is 10.1. The van der Waals surface area contributed by atoms with Crippen LogP contribution >= 0.6 is 23.2 Å². The third-order valence-electron chi connectivity index (χ3n) is 2.75. The van der Waals surface area contributed by atoms with Crippen LogP contribution < -0.4 is 5.73 Å². The minimum Gasteiger partial charge on any atom is -0.368 e. The number of halogens is 2. The average Bonchev–Trinajstić information content (AvgIpc) is 2.92. The second-order valence-electron chi connectivity index (χ2n) is 4.05. The highest BCUT2D eigenvalue weighted by Gasteiger charge is 2.15. The Labute approximate surface area is 124 Å². The molecule has 0 aliphatic rings. The highest BCUT2D eigenvalue weighted by molar-refractivity contribution is 6.36. The molecule has 3 aromatic rings. The Balaban J connectivity index is 2.24. The van der Waals surface area contributed by atoms with Crippen LogP contribution in [0.3, 0.4) is 0 Å². The molecule has 20 heavy (non-hydrogen) atoms. The summed E-state index contributed by atoms with van der Waals surface area (Å²) in [7, 11) is 0. The van der Waals surface area contributed by atoms with Gasteiger partial charge in [0.25, 0.3) is 0 Å². The van der Waals surface area contributed by atoms with E-state index in [1.807, 2.05) is 0 Å². The minimum atomic E-state index is 0.168. The van der Waals surface area contributed by atoms with Gasteiger partial charge in [0, 0.05) is 29.2 Å². The van der Waals surface area contributed by atoms with Crippen molar-refractivity contribution in [3.8, 4) is 22.6 Å². The highest BCUT2D eigenvalue weighted by Crippen LogP contribution is 2.34. The lowest BCUT2D eigenvalue weighted by Crippen LogP contribution is -1.99. The van der Waals surface area contributed by atoms with Crippen LogP contribution in [0.15, 0.2) is 36.8 Å². The lowest BCUT2D eigenvalue weighted by molar-refractivity contribution is 1.17. The quantitative estimate of drug-likeness (QED) is 0.760. The summed E-state index contributed by atoms with van der Waals surface area (Å²) in [5.41, 5.74) is 7.72. The molecule has 7 heteroatoms. The second-order valence-corrected chi connectivity index (χ2v) is 4.90. The molecular weight excluding hydrogens is 297 g/mol. The zero-order valence-electron chi connectivity index (χ0n) is 10.1. The molecule has 0 saturated carbocycles. The zero-order valence-corrected chi connectivity index (χ0v) is 11.7. The van der Waals surface area contributed by atoms with Gasteiger partial charge in [-0.05, 0) is 18.2 Å². The van der Waals surface area contributed by atoms with E-state index in [-0.39, 0.29) is 5.95 Å². The Hall–Kier alpha value is -2.11. The molecule has 3 rings (SSSR count). The summed E-state index contributed by atoms with van der Waals surface area (Å²) in [6, 6.07) is 5.19. The molecule has 0 amide bonds. The van der Waals surface area contributed by atoms with Crippen LogP contribution in [-0.4, -0.2) is 19.9 Å². The third-order valence-corrected chi connectivity index (χ3v) is 3.29. The fraction of sp³-hybridized carbons (Fsp3) is 0. The Kier molecular flexibility index (Phi) is 3.30. The molecule has 2 aromatic heterocycles. The molecule has 0 bridgehead atoms. The summed E-state index contributed by atoms with van der Waals surface area (Å²) in [6.45, 7) is 0. The van der Waals surface area contributed by atoms with Crippen LogP contribution in [0.1, 0.15) is 0 Å². The van der Waals surface area contributed by atoms with Gasteiger partial charge in [0.05, 0.1) is 16.3 Å². The van der Waals surface area contributed by atoms with Crippen LogP contribution in [0.5, 0.6) is 0 Å². The van der Waals surface area contributed by atoms with E-state index >= 15 is 0 Å². The number of benzene rings is 1. The van der Waals surface area contributed by atoms with E-state index in [2.05, 4.69) is 19.9 Å². The van der Waals surface area contributed by atoms with E-state index in [0.717, 1.165) is 5.56 Å². The topological polar surface area (TPSA) is 80.5 Å². The molecule has 0 atom stereocenters. The van der Waals surface area contributed by atoms with Crippen molar-refractivity contribution in [2.24, 2.45) is 0 Å². The monoisotopic (exact) mass is 305 g/mol. The molecule has 100 valence electrons.